The van der Waals surface area contributed by atoms with Gasteiger partial charge in [0, 0.05) is 26.2 Å². The third kappa shape index (κ3) is 3.02. The summed E-state index contributed by atoms with van der Waals surface area (Å²) in [4.78, 5) is 16.1. The Bertz CT molecular complexity index is 790. The molecule has 0 fully saturated rings. The monoisotopic (exact) mass is 351 g/mol. The van der Waals surface area contributed by atoms with Gasteiger partial charge in [-0.2, -0.15) is 0 Å². The number of hydrogen-bond donors (Lipinski definition) is 0. The van der Waals surface area contributed by atoms with Crippen LogP contribution in [0.25, 0.3) is 6.08 Å². The minimum atomic E-state index is -0.555. The zero-order valence-corrected chi connectivity index (χ0v) is 13.3. The van der Waals surface area contributed by atoms with E-state index in [0.29, 0.717) is 26.2 Å². The van der Waals surface area contributed by atoms with Gasteiger partial charge in [-0.3, -0.25) is 0 Å². The Balaban J connectivity index is 1.99. The van der Waals surface area contributed by atoms with E-state index in [1.165, 1.54) is 6.08 Å². The molecule has 0 radical (unpaired) electrons. The zero-order valence-electron chi connectivity index (χ0n) is 11.0. The van der Waals surface area contributed by atoms with Crippen LogP contribution < -0.4 is 0 Å². The van der Waals surface area contributed by atoms with Crippen molar-refractivity contribution in [3.63, 3.8) is 0 Å². The number of halogens is 3. The standard InChI is InChI=1S/C16H8Cl3NO2/c17-10-6-4-9(5-7-10)15-20-14(16(21)22-15)8-11-12(18)2-1-3-13(11)19/h1-8H. The fourth-order valence-corrected chi connectivity index (χ4v) is 2.54. The third-order valence-electron chi connectivity index (χ3n) is 2.99. The molecular formula is C16H8Cl3NO2. The van der Waals surface area contributed by atoms with Gasteiger partial charge in [0.1, 0.15) is 0 Å². The number of rotatable bonds is 2. The molecule has 22 heavy (non-hydrogen) atoms. The smallest absolute Gasteiger partial charge is 0.363 e. The quantitative estimate of drug-likeness (QED) is 0.564. The zero-order chi connectivity index (χ0) is 15.7. The van der Waals surface area contributed by atoms with E-state index in [0.717, 1.165) is 0 Å². The van der Waals surface area contributed by atoms with Crippen molar-refractivity contribution in [1.29, 1.82) is 0 Å². The second-order valence-electron chi connectivity index (χ2n) is 4.48. The van der Waals surface area contributed by atoms with Gasteiger partial charge < -0.3 is 4.74 Å². The van der Waals surface area contributed by atoms with E-state index in [1.807, 2.05) is 0 Å². The summed E-state index contributed by atoms with van der Waals surface area (Å²) in [6.07, 6.45) is 1.51. The molecule has 2 aromatic carbocycles. The van der Waals surface area contributed by atoms with Gasteiger partial charge in [0.05, 0.1) is 0 Å². The average Bonchev–Trinajstić information content (AvgIpc) is 2.85. The summed E-state index contributed by atoms with van der Waals surface area (Å²) in [5, 5.41) is 1.46. The highest BCUT2D eigenvalue weighted by molar-refractivity contribution is 6.37. The van der Waals surface area contributed by atoms with Crippen LogP contribution in [-0.2, 0) is 9.53 Å². The minimum Gasteiger partial charge on any atom is -0.402 e. The molecular weight excluding hydrogens is 345 g/mol. The van der Waals surface area contributed by atoms with Gasteiger partial charge >= 0.3 is 5.97 Å². The van der Waals surface area contributed by atoms with Crippen LogP contribution >= 0.6 is 34.8 Å². The number of aliphatic imine (C=N–C) groups is 1. The summed E-state index contributed by atoms with van der Waals surface area (Å²) < 4.78 is 5.17. The Kier molecular flexibility index (Phi) is 4.21. The van der Waals surface area contributed by atoms with E-state index in [1.54, 1.807) is 42.5 Å². The lowest BCUT2D eigenvalue weighted by Crippen LogP contribution is -2.05. The molecule has 0 spiro atoms. The van der Waals surface area contributed by atoms with E-state index in [4.69, 9.17) is 39.5 Å². The lowest BCUT2D eigenvalue weighted by atomic mass is 10.2. The Morgan fingerprint density at radius 3 is 2.23 bits per heavy atom. The van der Waals surface area contributed by atoms with Crippen molar-refractivity contribution in [2.75, 3.05) is 0 Å². The summed E-state index contributed by atoms with van der Waals surface area (Å²) in [5.74, 6) is -0.336. The van der Waals surface area contributed by atoms with Crippen LogP contribution in [0.2, 0.25) is 15.1 Å². The average molecular weight is 353 g/mol. The number of esters is 1. The summed E-state index contributed by atoms with van der Waals surface area (Å²) >= 11 is 18.0. The first-order chi connectivity index (χ1) is 10.5. The van der Waals surface area contributed by atoms with Crippen molar-refractivity contribution in [2.45, 2.75) is 0 Å². The van der Waals surface area contributed by atoms with Gasteiger partial charge in [-0.1, -0.05) is 40.9 Å². The molecule has 3 nitrogen and oxygen atoms in total. The van der Waals surface area contributed by atoms with Crippen molar-refractivity contribution < 1.29 is 9.53 Å². The van der Waals surface area contributed by atoms with Crippen molar-refractivity contribution >= 4 is 52.7 Å². The summed E-state index contributed by atoms with van der Waals surface area (Å²) in [5.41, 5.74) is 1.32. The van der Waals surface area contributed by atoms with Gasteiger partial charge in [-0.15, -0.1) is 0 Å². The Labute approximate surface area is 141 Å². The highest BCUT2D eigenvalue weighted by atomic mass is 35.5. The van der Waals surface area contributed by atoms with Crippen molar-refractivity contribution in [2.24, 2.45) is 4.99 Å². The SMILES string of the molecule is O=C1OC(c2ccc(Cl)cc2)=NC1=Cc1c(Cl)cccc1Cl. The molecule has 0 N–H and O–H groups in total. The Hall–Kier alpha value is -1.81. The number of cyclic esters (lactones) is 1. The van der Waals surface area contributed by atoms with Gasteiger partial charge in [-0.05, 0) is 42.5 Å². The van der Waals surface area contributed by atoms with E-state index >= 15 is 0 Å². The van der Waals surface area contributed by atoms with Crippen LogP contribution in [0.15, 0.2) is 53.2 Å². The Morgan fingerprint density at radius 1 is 0.955 bits per heavy atom. The van der Waals surface area contributed by atoms with Crippen molar-refractivity contribution in [3.05, 3.63) is 74.4 Å². The van der Waals surface area contributed by atoms with Crippen molar-refractivity contribution in [3.8, 4) is 0 Å². The van der Waals surface area contributed by atoms with Crippen molar-refractivity contribution in [1.82, 2.24) is 0 Å². The molecule has 0 atom stereocenters. The summed E-state index contributed by atoms with van der Waals surface area (Å²) in [7, 11) is 0. The molecule has 0 saturated heterocycles. The van der Waals surface area contributed by atoms with Gasteiger partial charge in [0.2, 0.25) is 5.90 Å². The lowest BCUT2D eigenvalue weighted by molar-refractivity contribution is -0.129. The van der Waals surface area contributed by atoms with E-state index in [9.17, 15) is 4.79 Å². The number of hydrogen-bond acceptors (Lipinski definition) is 3. The molecule has 6 heteroatoms. The van der Waals surface area contributed by atoms with Gasteiger partial charge in [0.25, 0.3) is 0 Å². The highest BCUT2D eigenvalue weighted by Gasteiger charge is 2.24. The van der Waals surface area contributed by atoms with Crippen LogP contribution in [0.1, 0.15) is 11.1 Å². The third-order valence-corrected chi connectivity index (χ3v) is 3.90. The molecule has 0 aromatic heterocycles. The number of carbonyl (C=O) groups excluding carboxylic acids is 1. The number of ether oxygens (including phenoxy) is 1. The summed E-state index contributed by atoms with van der Waals surface area (Å²) in [6.45, 7) is 0. The molecule has 2 aromatic rings. The second-order valence-corrected chi connectivity index (χ2v) is 5.73. The van der Waals surface area contributed by atoms with Crippen LogP contribution in [0.5, 0.6) is 0 Å². The molecule has 110 valence electrons. The molecule has 0 aliphatic carbocycles. The topological polar surface area (TPSA) is 38.7 Å². The molecule has 0 bridgehead atoms. The van der Waals surface area contributed by atoms with Crippen LogP contribution in [0.4, 0.5) is 0 Å². The first-order valence-corrected chi connectivity index (χ1v) is 7.40. The van der Waals surface area contributed by atoms with E-state index in [-0.39, 0.29) is 11.6 Å². The molecule has 1 aliphatic heterocycles. The van der Waals surface area contributed by atoms with E-state index < -0.39 is 5.97 Å². The highest BCUT2D eigenvalue weighted by Crippen LogP contribution is 2.28. The number of nitrogens with zero attached hydrogens (tertiary/aromatic N) is 1. The molecule has 0 saturated carbocycles. The molecule has 3 rings (SSSR count). The maximum Gasteiger partial charge on any atom is 0.363 e. The normalized spacial score (nSPS) is 15.9. The predicted molar refractivity (Wildman–Crippen MR) is 88.5 cm³/mol. The van der Waals surface area contributed by atoms with Crippen LogP contribution in [0, 0.1) is 0 Å². The first kappa shape index (κ1) is 15.1. The van der Waals surface area contributed by atoms with E-state index in [2.05, 4.69) is 4.99 Å². The number of carbonyl (C=O) groups is 1. The van der Waals surface area contributed by atoms with Crippen LogP contribution in [-0.4, -0.2) is 11.9 Å². The predicted octanol–water partition coefficient (Wildman–Crippen LogP) is 4.99. The molecule has 0 unspecified atom stereocenters. The number of benzene rings is 2. The largest absolute Gasteiger partial charge is 0.402 e. The van der Waals surface area contributed by atoms with Crippen LogP contribution in [0.3, 0.4) is 0 Å². The molecule has 1 heterocycles. The second kappa shape index (κ2) is 6.13. The minimum absolute atomic E-state index is 0.139. The maximum atomic E-state index is 11.9. The maximum absolute atomic E-state index is 11.9. The molecule has 0 amide bonds. The fourth-order valence-electron chi connectivity index (χ4n) is 1.91. The lowest BCUT2D eigenvalue weighted by Gasteiger charge is -2.00. The first-order valence-electron chi connectivity index (χ1n) is 6.27. The fraction of sp³-hybridized carbons (Fsp3) is 0. The molecule has 1 aliphatic rings. The van der Waals surface area contributed by atoms with Gasteiger partial charge in [-0.25, -0.2) is 9.79 Å². The Morgan fingerprint density at radius 2 is 1.59 bits per heavy atom. The summed E-state index contributed by atoms with van der Waals surface area (Å²) in [6, 6.07) is 11.9. The van der Waals surface area contributed by atoms with Gasteiger partial charge in [0.15, 0.2) is 5.70 Å².